The number of aliphatic carboxylic acids is 1. The van der Waals surface area contributed by atoms with Gasteiger partial charge in [-0.25, -0.2) is 24.7 Å². The molecule has 4 heterocycles. The summed E-state index contributed by atoms with van der Waals surface area (Å²) in [7, 11) is 0. The van der Waals surface area contributed by atoms with Gasteiger partial charge in [0.2, 0.25) is 94.5 Å². The molecule has 0 aliphatic heterocycles. The van der Waals surface area contributed by atoms with Gasteiger partial charge in [0.25, 0.3) is 0 Å². The Balaban J connectivity index is 1.79. The number of nitrogens with two attached hydrogens (primary N) is 10. The molecular formula is C87H151N45O18. The molecule has 4 aromatic rings. The van der Waals surface area contributed by atoms with Crippen molar-refractivity contribution in [3.8, 4) is 0 Å². The second-order valence-electron chi connectivity index (χ2n) is 35.0. The lowest BCUT2D eigenvalue weighted by Gasteiger charge is -2.29. The summed E-state index contributed by atoms with van der Waals surface area (Å²) in [5.74, 6) is -20.0. The molecule has 150 heavy (non-hydrogen) atoms. The summed E-state index contributed by atoms with van der Waals surface area (Å²) in [6.45, 7) is 0.786. The Labute approximate surface area is 863 Å². The van der Waals surface area contributed by atoms with E-state index in [1.54, 1.807) is 0 Å². The van der Waals surface area contributed by atoms with Gasteiger partial charge in [0.15, 0.2) is 35.8 Å². The van der Waals surface area contributed by atoms with Crippen molar-refractivity contribution in [2.75, 3.05) is 65.4 Å². The van der Waals surface area contributed by atoms with E-state index in [-0.39, 0.29) is 210 Å². The Kier molecular flexibility index (Phi) is 58.8. The molecule has 0 bridgehead atoms. The zero-order chi connectivity index (χ0) is 111. The minimum absolute atomic E-state index is 0.0143. The Bertz CT molecular complexity index is 4990. The maximum Gasteiger partial charge on any atom is 0.326 e. The molecule has 0 saturated heterocycles. The van der Waals surface area contributed by atoms with Gasteiger partial charge in [0.05, 0.1) is 54.6 Å². The summed E-state index contributed by atoms with van der Waals surface area (Å²) in [5.41, 5.74) is 57.5. The van der Waals surface area contributed by atoms with E-state index in [1.165, 1.54) is 57.0 Å². The number of carbonyl (C=O) groups is 17. The normalized spacial score (nSPS) is 13.7. The number of primary amides is 1. The predicted molar refractivity (Wildman–Crippen MR) is 545 cm³/mol. The summed E-state index contributed by atoms with van der Waals surface area (Å²) in [6, 6.07) is -22.5. The van der Waals surface area contributed by atoms with Crippen molar-refractivity contribution in [1.29, 1.82) is 32.5 Å². The molecule has 63 heteroatoms. The highest BCUT2D eigenvalue weighted by molar-refractivity contribution is 6.01. The van der Waals surface area contributed by atoms with Gasteiger partial charge >= 0.3 is 5.97 Å². The van der Waals surface area contributed by atoms with E-state index in [9.17, 15) is 48.3 Å². The predicted octanol–water partition coefficient (Wildman–Crippen LogP) is -12.9. The second-order valence-corrected chi connectivity index (χ2v) is 35.0. The Morgan fingerprint density at radius 3 is 0.640 bits per heavy atom. The Hall–Kier alpha value is -16.7. The highest BCUT2D eigenvalue weighted by atomic mass is 16.4. The van der Waals surface area contributed by atoms with Crippen LogP contribution in [0.25, 0.3) is 0 Å². The van der Waals surface area contributed by atoms with E-state index in [2.05, 4.69) is 152 Å². The lowest BCUT2D eigenvalue weighted by molar-refractivity contribution is -0.142. The van der Waals surface area contributed by atoms with Crippen LogP contribution in [-0.2, 0) is 107 Å². The number of nitrogens with one attached hydrogen (secondary N) is 31. The molecule has 4 aromatic heterocycles. The first-order chi connectivity index (χ1) is 71.5. The van der Waals surface area contributed by atoms with Crippen molar-refractivity contribution in [3.63, 3.8) is 0 Å². The van der Waals surface area contributed by atoms with Crippen molar-refractivity contribution >= 4 is 136 Å². The minimum atomic E-state index is -1.86. The summed E-state index contributed by atoms with van der Waals surface area (Å²) in [5, 5.41) is 111. The molecule has 832 valence electrons. The number of hydrogen-bond donors (Lipinski definition) is 42. The number of aromatic amines is 4. The number of imidazole rings is 4. The molecule has 52 N–H and O–H groups in total. The number of carbonyl (C=O) groups excluding carboxylic acids is 16. The quantitative estimate of drug-likeness (QED) is 0.0111. The number of unbranched alkanes of at least 4 members (excludes halogenated alkanes) is 3. The lowest BCUT2D eigenvalue weighted by Crippen LogP contribution is -2.61. The van der Waals surface area contributed by atoms with Crippen LogP contribution in [0.1, 0.15) is 177 Å². The molecule has 0 aliphatic carbocycles. The number of carboxylic acids is 1. The van der Waals surface area contributed by atoms with Crippen molar-refractivity contribution in [2.24, 2.45) is 57.3 Å². The van der Waals surface area contributed by atoms with E-state index in [0.717, 1.165) is 0 Å². The molecular weight excluding hydrogens is 1960 g/mol. The number of guanidine groups is 6. The maximum atomic E-state index is 15.3. The van der Waals surface area contributed by atoms with E-state index < -0.39 is 247 Å². The SMILES string of the molecule is CC(=O)NCC(=O)N[C@@H](CCCNC(=N)N)C(=O)N[C@@H](CCCCN)C(=O)N[C@@H](CCCCN)C(=O)N[C@@H](CCCNC(=N)N)C(=O)N[C@@H](CCCNC(=N)N)C(=O)N[C@@H](CCC(N)=O)C(=O)N[C@@H](CCCNC(=N)N)C(=O)N[C@@H](CCCNC(=N)N)C(=O)N[C@@H](CCCNC(=N)N)C(=O)N[C@@H](Cc1c[nH]cn1)C(=O)N[C@@H](Cc1c[nH]cn1)C(=O)N[C@@H](Cc1c[nH]cn1)C(=O)N[C@@H](Cc1c[nH]cn1)C(=O)N[C@@H](CCCCN)C(=O)O. The third kappa shape index (κ3) is 52.4. The molecule has 14 atom stereocenters. The van der Waals surface area contributed by atoms with Crippen LogP contribution in [0.4, 0.5) is 0 Å². The van der Waals surface area contributed by atoms with Crippen LogP contribution in [0.5, 0.6) is 0 Å². The molecule has 0 aliphatic rings. The van der Waals surface area contributed by atoms with Crippen LogP contribution >= 0.6 is 0 Å². The number of hydrogen-bond acceptors (Lipinski definition) is 30. The topological polar surface area (TPSA) is 1080 Å². The third-order valence-electron chi connectivity index (χ3n) is 22.7. The van der Waals surface area contributed by atoms with Gasteiger partial charge in [-0.3, -0.25) is 109 Å². The fourth-order valence-electron chi connectivity index (χ4n) is 14.9. The summed E-state index contributed by atoms with van der Waals surface area (Å²) in [4.78, 5) is 272. The molecule has 0 saturated carbocycles. The van der Waals surface area contributed by atoms with Gasteiger partial charge in [-0.2, -0.15) is 0 Å². The molecule has 0 spiro atoms. The molecule has 16 amide bonds. The van der Waals surface area contributed by atoms with Gasteiger partial charge < -0.3 is 194 Å². The lowest BCUT2D eigenvalue weighted by atomic mass is 10.0. The van der Waals surface area contributed by atoms with Crippen LogP contribution in [0.15, 0.2) is 50.1 Å². The van der Waals surface area contributed by atoms with Crippen molar-refractivity contribution in [2.45, 2.75) is 265 Å². The molecule has 0 unspecified atom stereocenters. The molecule has 63 nitrogen and oxygen atoms in total. The largest absolute Gasteiger partial charge is 0.480 e. The first-order valence-corrected chi connectivity index (χ1v) is 49.0. The fraction of sp³-hybridized carbons (Fsp3) is 0.598. The monoisotopic (exact) mass is 2110 g/mol. The van der Waals surface area contributed by atoms with Gasteiger partial charge in [-0.15, -0.1) is 0 Å². The van der Waals surface area contributed by atoms with Crippen LogP contribution in [0.3, 0.4) is 0 Å². The number of carboxylic acid groups (broad SMARTS) is 1. The molecule has 0 aromatic carbocycles. The maximum absolute atomic E-state index is 15.3. The minimum Gasteiger partial charge on any atom is -0.480 e. The van der Waals surface area contributed by atoms with Gasteiger partial charge in [0.1, 0.15) is 84.6 Å². The average molecular weight is 2120 g/mol. The first-order valence-electron chi connectivity index (χ1n) is 49.0. The van der Waals surface area contributed by atoms with E-state index in [1.807, 2.05) is 0 Å². The van der Waals surface area contributed by atoms with Gasteiger partial charge in [0, 0.05) is 103 Å². The zero-order valence-electron chi connectivity index (χ0n) is 83.8. The molecule has 4 rings (SSSR count). The summed E-state index contributed by atoms with van der Waals surface area (Å²) in [6.07, 6.45) is 7.89. The van der Waals surface area contributed by atoms with Gasteiger partial charge in [-0.1, -0.05) is 0 Å². The number of rotatable bonds is 77. The van der Waals surface area contributed by atoms with Crippen LogP contribution in [-0.4, -0.2) is 331 Å². The summed E-state index contributed by atoms with van der Waals surface area (Å²) < 4.78 is 0. The Morgan fingerprint density at radius 1 is 0.267 bits per heavy atom. The highest BCUT2D eigenvalue weighted by Gasteiger charge is 2.40. The second kappa shape index (κ2) is 70.2. The molecule has 0 radical (unpaired) electrons. The Morgan fingerprint density at radius 2 is 0.453 bits per heavy atom. The highest BCUT2D eigenvalue weighted by Crippen LogP contribution is 2.16. The number of nitrogens with zero attached hydrogens (tertiary/aromatic N) is 4. The third-order valence-corrected chi connectivity index (χ3v) is 22.7. The molecule has 0 fully saturated rings. The van der Waals surface area contributed by atoms with E-state index in [4.69, 9.17) is 89.8 Å². The number of amides is 16. The zero-order valence-corrected chi connectivity index (χ0v) is 83.8. The first kappa shape index (κ1) is 126. The standard InChI is InChI=1S/C87H151N45O18/c1-47(133)114-42-67(135)119-52(17-8-28-108-82(92)93)68(136)120-53(14-2-5-25-88)69(137)121-54(15-3-6-26-89)70(138)122-55(18-9-29-109-83(94)95)71(139)124-58(21-12-32-112-86(100)101)74(142)127-60(23-24-66(91)134)76(144)126-57(20-11-31-111-85(98)99)73(141)123-56(19-10-30-110-84(96)97)72(140)125-59(22-13-33-113-87(102)103)75(143)129-63(35-49-39-105-44-116-49)78(146)131-65(37-51-41-107-46-118-51)80(148)132-64(36-50-40-106-45-117-50)79(147)130-62(34-48-38-104-43-115-48)77(145)128-61(81(149)150)16-4-7-27-90/h38-41,43-46,52-65H,2-37,42,88-90H2,1H3,(H2,91,134)(H,104,115)(H,105,116)(H,106,117)(H,107,118)(H,114,133)(H,119,135)(H,120,136)(H,121,137)(H,122,138)(H,123,141)(H,124,139)(H,125,140)(H,126,144)(H,127,142)(H,128,145)(H,129,143)(H,130,147)(H,131,146)(H,132,148)(H,149,150)(H4,92,93,108)(H4,94,95,109)(H4,96,97,110)(H4,98,99,111)(H4,100,101,112)(H4,102,103,113)/t52-,53-,54-,55-,56-,57-,58-,59-,60-,61-,62-,63-,64-,65-/m0/s1. The van der Waals surface area contributed by atoms with Gasteiger partial charge in [-0.05, 0) is 161 Å². The van der Waals surface area contributed by atoms with Crippen molar-refractivity contribution < 1.29 is 86.6 Å². The van der Waals surface area contributed by atoms with Crippen LogP contribution in [0, 0.1) is 32.5 Å². The fourth-order valence-corrected chi connectivity index (χ4v) is 14.9. The number of aromatic nitrogens is 8. The van der Waals surface area contributed by atoms with Crippen LogP contribution < -0.4 is 169 Å². The van der Waals surface area contributed by atoms with Crippen LogP contribution in [0.2, 0.25) is 0 Å². The van der Waals surface area contributed by atoms with E-state index in [0.29, 0.717) is 25.7 Å². The average Bonchev–Trinajstić information content (AvgIpc) is 0.958. The number of H-pyrrole nitrogens is 4. The summed E-state index contributed by atoms with van der Waals surface area (Å²) >= 11 is 0. The van der Waals surface area contributed by atoms with Crippen molar-refractivity contribution in [1.82, 2.24) is 152 Å². The smallest absolute Gasteiger partial charge is 0.326 e. The van der Waals surface area contributed by atoms with E-state index >= 15 is 38.4 Å². The van der Waals surface area contributed by atoms with Crippen molar-refractivity contribution in [3.05, 3.63) is 72.9 Å².